The first-order chi connectivity index (χ1) is 15.4. The molecule has 1 aliphatic heterocycles. The van der Waals surface area contributed by atoms with Gasteiger partial charge in [0.05, 0.1) is 5.69 Å². The number of carbonyl (C=O) groups is 3. The van der Waals surface area contributed by atoms with Crippen LogP contribution in [0.1, 0.15) is 15.9 Å². The predicted octanol–water partition coefficient (Wildman–Crippen LogP) is 4.81. The van der Waals surface area contributed by atoms with Crippen molar-refractivity contribution in [2.45, 2.75) is 6.54 Å². The minimum atomic E-state index is -0.613. The van der Waals surface area contributed by atoms with Gasteiger partial charge in [0.15, 0.2) is 0 Å². The molecule has 8 heteroatoms. The van der Waals surface area contributed by atoms with Gasteiger partial charge in [-0.15, -0.1) is 0 Å². The van der Waals surface area contributed by atoms with Crippen LogP contribution in [0.15, 0.2) is 94.1 Å². The molecule has 0 fully saturated rings. The fourth-order valence-corrected chi connectivity index (χ4v) is 3.68. The Hall–Kier alpha value is -3.42. The Morgan fingerprint density at radius 2 is 1.62 bits per heavy atom. The quantitative estimate of drug-likeness (QED) is 0.466. The molecule has 0 saturated heterocycles. The average Bonchev–Trinajstić information content (AvgIpc) is 3.02. The van der Waals surface area contributed by atoms with Crippen molar-refractivity contribution >= 4 is 56.6 Å². The van der Waals surface area contributed by atoms with E-state index >= 15 is 0 Å². The van der Waals surface area contributed by atoms with Crippen LogP contribution in [-0.2, 0) is 16.1 Å². The first-order valence-corrected chi connectivity index (χ1v) is 10.8. The maximum absolute atomic E-state index is 12.9. The molecular weight excluding hydrogens is 494 g/mol. The number of anilines is 2. The number of nitrogens with zero attached hydrogens (tertiary/aromatic N) is 1. The van der Waals surface area contributed by atoms with Crippen molar-refractivity contribution in [2.75, 3.05) is 10.2 Å². The Balaban J connectivity index is 1.49. The molecule has 0 radical (unpaired) electrons. The summed E-state index contributed by atoms with van der Waals surface area (Å²) in [7, 11) is 0. The molecule has 3 aromatic rings. The largest absolute Gasteiger partial charge is 0.350 e. The summed E-state index contributed by atoms with van der Waals surface area (Å²) in [5, 5.41) is 5.54. The van der Waals surface area contributed by atoms with Crippen molar-refractivity contribution in [2.24, 2.45) is 0 Å². The van der Waals surface area contributed by atoms with Crippen LogP contribution >= 0.6 is 27.5 Å². The third-order valence-corrected chi connectivity index (χ3v) is 5.68. The van der Waals surface area contributed by atoms with Gasteiger partial charge in [0.25, 0.3) is 17.7 Å². The molecule has 3 aromatic carbocycles. The van der Waals surface area contributed by atoms with Gasteiger partial charge in [-0.05, 0) is 48.0 Å². The van der Waals surface area contributed by atoms with Gasteiger partial charge in [0.1, 0.15) is 10.7 Å². The summed E-state index contributed by atoms with van der Waals surface area (Å²) in [5.41, 5.74) is 2.22. The zero-order valence-corrected chi connectivity index (χ0v) is 19.0. The van der Waals surface area contributed by atoms with Gasteiger partial charge >= 0.3 is 0 Å². The fraction of sp³-hybridized carbons (Fsp3) is 0.0417. The summed E-state index contributed by atoms with van der Waals surface area (Å²) >= 11 is 9.51. The van der Waals surface area contributed by atoms with Gasteiger partial charge in [-0.3, -0.25) is 14.4 Å². The second-order valence-electron chi connectivity index (χ2n) is 6.99. The second kappa shape index (κ2) is 9.38. The van der Waals surface area contributed by atoms with E-state index in [1.807, 2.05) is 30.3 Å². The summed E-state index contributed by atoms with van der Waals surface area (Å²) in [6.07, 6.45) is 0. The summed E-state index contributed by atoms with van der Waals surface area (Å²) in [6.45, 7) is 0.392. The lowest BCUT2D eigenvalue weighted by Crippen LogP contribution is -2.32. The Morgan fingerprint density at radius 3 is 2.34 bits per heavy atom. The van der Waals surface area contributed by atoms with Gasteiger partial charge in [-0.2, -0.15) is 0 Å². The van der Waals surface area contributed by atoms with Gasteiger partial charge < -0.3 is 10.6 Å². The number of amides is 3. The highest BCUT2D eigenvalue weighted by molar-refractivity contribution is 9.10. The van der Waals surface area contributed by atoms with Crippen LogP contribution in [0.4, 0.5) is 11.4 Å². The van der Waals surface area contributed by atoms with Crippen LogP contribution in [0, 0.1) is 0 Å². The van der Waals surface area contributed by atoms with Gasteiger partial charge in [0.2, 0.25) is 0 Å². The fourth-order valence-electron chi connectivity index (χ4n) is 3.20. The van der Waals surface area contributed by atoms with E-state index in [4.69, 9.17) is 11.6 Å². The molecule has 32 heavy (non-hydrogen) atoms. The number of hydrogen-bond donors (Lipinski definition) is 2. The number of halogens is 2. The molecule has 160 valence electrons. The van der Waals surface area contributed by atoms with Crippen molar-refractivity contribution in [1.29, 1.82) is 0 Å². The lowest BCUT2D eigenvalue weighted by Gasteiger charge is -2.15. The SMILES string of the molecule is O=C(NCc1ccccc1)c1cccc(NC2=C(Cl)C(=O)N(c3ccc(Br)cc3)C2=O)c1. The molecule has 0 bridgehead atoms. The number of hydrogen-bond acceptors (Lipinski definition) is 4. The average molecular weight is 511 g/mol. The van der Waals surface area contributed by atoms with E-state index in [-0.39, 0.29) is 16.6 Å². The molecule has 4 rings (SSSR count). The van der Waals surface area contributed by atoms with Crippen LogP contribution < -0.4 is 15.5 Å². The maximum Gasteiger partial charge on any atom is 0.283 e. The molecule has 1 heterocycles. The van der Waals surface area contributed by atoms with Crippen LogP contribution in [-0.4, -0.2) is 17.7 Å². The van der Waals surface area contributed by atoms with Gasteiger partial charge in [-0.25, -0.2) is 4.90 Å². The number of nitrogens with one attached hydrogen (secondary N) is 2. The topological polar surface area (TPSA) is 78.5 Å². The van der Waals surface area contributed by atoms with Crippen LogP contribution in [0.2, 0.25) is 0 Å². The van der Waals surface area contributed by atoms with E-state index in [1.54, 1.807) is 48.5 Å². The smallest absolute Gasteiger partial charge is 0.283 e. The normalized spacial score (nSPS) is 13.5. The first kappa shape index (κ1) is 21.8. The standard InChI is InChI=1S/C24H17BrClN3O3/c25-17-9-11-19(12-10-17)29-23(31)20(26)21(24(29)32)28-18-8-4-7-16(13-18)22(30)27-14-15-5-2-1-3-6-15/h1-13,28H,14H2,(H,27,30). The molecule has 3 amide bonds. The Bertz CT molecular complexity index is 1230. The van der Waals surface area contributed by atoms with Crippen molar-refractivity contribution < 1.29 is 14.4 Å². The summed E-state index contributed by atoms with van der Waals surface area (Å²) in [4.78, 5) is 39.0. The highest BCUT2D eigenvalue weighted by Crippen LogP contribution is 2.30. The number of imide groups is 1. The molecule has 0 aliphatic carbocycles. The van der Waals surface area contributed by atoms with Crippen molar-refractivity contribution in [3.63, 3.8) is 0 Å². The summed E-state index contributed by atoms with van der Waals surface area (Å²) in [5.74, 6) is -1.44. The Labute approximate surface area is 198 Å². The highest BCUT2D eigenvalue weighted by Gasteiger charge is 2.38. The summed E-state index contributed by atoms with van der Waals surface area (Å²) < 4.78 is 0.820. The third-order valence-electron chi connectivity index (χ3n) is 4.80. The maximum atomic E-state index is 12.9. The van der Waals surface area contributed by atoms with Crippen molar-refractivity contribution in [1.82, 2.24) is 5.32 Å². The van der Waals surface area contributed by atoms with Crippen molar-refractivity contribution in [3.05, 3.63) is 105 Å². The Morgan fingerprint density at radius 1 is 0.906 bits per heavy atom. The molecule has 1 aliphatic rings. The van der Waals surface area contributed by atoms with Crippen LogP contribution in [0.25, 0.3) is 0 Å². The van der Waals surface area contributed by atoms with E-state index in [1.165, 1.54) is 0 Å². The highest BCUT2D eigenvalue weighted by atomic mass is 79.9. The lowest BCUT2D eigenvalue weighted by molar-refractivity contribution is -0.120. The van der Waals surface area contributed by atoms with E-state index in [9.17, 15) is 14.4 Å². The number of carbonyl (C=O) groups excluding carboxylic acids is 3. The zero-order chi connectivity index (χ0) is 22.7. The van der Waals surface area contributed by atoms with E-state index in [0.29, 0.717) is 23.5 Å². The van der Waals surface area contributed by atoms with Gasteiger partial charge in [0, 0.05) is 22.3 Å². The minimum Gasteiger partial charge on any atom is -0.350 e. The predicted molar refractivity (Wildman–Crippen MR) is 127 cm³/mol. The second-order valence-corrected chi connectivity index (χ2v) is 8.28. The molecule has 0 unspecified atom stereocenters. The molecule has 6 nitrogen and oxygen atoms in total. The first-order valence-electron chi connectivity index (χ1n) is 9.67. The van der Waals surface area contributed by atoms with Crippen molar-refractivity contribution in [3.8, 4) is 0 Å². The monoisotopic (exact) mass is 509 g/mol. The zero-order valence-electron chi connectivity index (χ0n) is 16.6. The summed E-state index contributed by atoms with van der Waals surface area (Å²) in [6, 6.07) is 22.9. The van der Waals surface area contributed by atoms with Gasteiger partial charge in [-0.1, -0.05) is 63.9 Å². The molecule has 0 atom stereocenters. The minimum absolute atomic E-state index is 0.0403. The molecule has 2 N–H and O–H groups in total. The molecule has 0 spiro atoms. The number of rotatable bonds is 6. The molecule has 0 saturated carbocycles. The molecular formula is C24H17BrClN3O3. The van der Waals surface area contributed by atoms with E-state index in [0.717, 1.165) is 14.9 Å². The molecule has 0 aromatic heterocycles. The van der Waals surface area contributed by atoms with Crippen LogP contribution in [0.5, 0.6) is 0 Å². The number of benzene rings is 3. The third kappa shape index (κ3) is 4.59. The Kier molecular flexibility index (Phi) is 6.39. The van der Waals surface area contributed by atoms with E-state index < -0.39 is 11.8 Å². The van der Waals surface area contributed by atoms with E-state index in [2.05, 4.69) is 26.6 Å². The van der Waals surface area contributed by atoms with Crippen LogP contribution in [0.3, 0.4) is 0 Å². The lowest BCUT2D eigenvalue weighted by atomic mass is 10.1.